The van der Waals surface area contributed by atoms with Crippen molar-refractivity contribution in [2.75, 3.05) is 11.9 Å². The summed E-state index contributed by atoms with van der Waals surface area (Å²) in [7, 11) is -0.245. The van der Waals surface area contributed by atoms with Crippen molar-refractivity contribution in [2.24, 2.45) is 0 Å². The molecule has 0 spiro atoms. The van der Waals surface area contributed by atoms with Gasteiger partial charge in [-0.05, 0) is 54.8 Å². The molecule has 1 atom stereocenters. The Morgan fingerprint density at radius 1 is 1.04 bits per heavy atom. The van der Waals surface area contributed by atoms with Gasteiger partial charge in [0.2, 0.25) is 0 Å². The zero-order valence-electron chi connectivity index (χ0n) is 14.4. The van der Waals surface area contributed by atoms with Crippen LogP contribution in [0.1, 0.15) is 25.0 Å². The Labute approximate surface area is 141 Å². The fourth-order valence-corrected chi connectivity index (χ4v) is 5.96. The van der Waals surface area contributed by atoms with Gasteiger partial charge in [-0.1, -0.05) is 43.6 Å². The molecular weight excluding hydrogens is 298 g/mol. The van der Waals surface area contributed by atoms with E-state index in [9.17, 15) is 0 Å². The molecule has 0 fully saturated rings. The average Bonchev–Trinajstić information content (AvgIpc) is 2.58. The van der Waals surface area contributed by atoms with Crippen molar-refractivity contribution in [1.82, 2.24) is 0 Å². The maximum atomic E-state index is 6.03. The lowest BCUT2D eigenvalue weighted by molar-refractivity contribution is 0.481. The van der Waals surface area contributed by atoms with E-state index in [1.165, 1.54) is 35.3 Å². The van der Waals surface area contributed by atoms with Gasteiger partial charge in [-0.25, -0.2) is 0 Å². The second-order valence-electron chi connectivity index (χ2n) is 6.38. The van der Waals surface area contributed by atoms with Gasteiger partial charge in [-0.2, -0.15) is 0 Å². The molecular formula is C20H26NOSi. The summed E-state index contributed by atoms with van der Waals surface area (Å²) < 4.78 is 6.03. The molecule has 1 radical (unpaired) electrons. The SMILES string of the molecule is CC[Si](CC)C1CNc2ccc(Oc3ccc(C)cc3)cc2C1. The van der Waals surface area contributed by atoms with Crippen molar-refractivity contribution in [1.29, 1.82) is 0 Å². The summed E-state index contributed by atoms with van der Waals surface area (Å²) in [5.74, 6) is 1.85. The summed E-state index contributed by atoms with van der Waals surface area (Å²) in [4.78, 5) is 0. The molecule has 2 aromatic carbocycles. The lowest BCUT2D eigenvalue weighted by atomic mass is 10.0. The van der Waals surface area contributed by atoms with E-state index in [1.807, 2.05) is 12.1 Å². The zero-order chi connectivity index (χ0) is 16.2. The number of anilines is 1. The largest absolute Gasteiger partial charge is 0.457 e. The van der Waals surface area contributed by atoms with Crippen LogP contribution in [0.2, 0.25) is 17.6 Å². The average molecular weight is 325 g/mol. The molecule has 0 bridgehead atoms. The third-order valence-electron chi connectivity index (χ3n) is 4.82. The number of nitrogens with one attached hydrogen (secondary N) is 1. The van der Waals surface area contributed by atoms with Crippen LogP contribution in [0.15, 0.2) is 42.5 Å². The lowest BCUT2D eigenvalue weighted by Crippen LogP contribution is -2.30. The molecule has 0 aliphatic carbocycles. The number of ether oxygens (including phenoxy) is 1. The molecule has 1 aliphatic heterocycles. The third-order valence-corrected chi connectivity index (χ3v) is 8.20. The number of fused-ring (bicyclic) bond motifs is 1. The predicted octanol–water partition coefficient (Wildman–Crippen LogP) is 5.66. The van der Waals surface area contributed by atoms with Crippen LogP contribution in [-0.2, 0) is 6.42 Å². The van der Waals surface area contributed by atoms with Crippen molar-refractivity contribution in [3.8, 4) is 11.5 Å². The van der Waals surface area contributed by atoms with Gasteiger partial charge in [-0.3, -0.25) is 0 Å². The van der Waals surface area contributed by atoms with Gasteiger partial charge in [0.25, 0.3) is 0 Å². The van der Waals surface area contributed by atoms with E-state index in [2.05, 4.69) is 56.4 Å². The van der Waals surface area contributed by atoms with Crippen molar-refractivity contribution < 1.29 is 4.74 Å². The molecule has 23 heavy (non-hydrogen) atoms. The smallest absolute Gasteiger partial charge is 0.127 e. The van der Waals surface area contributed by atoms with Crippen molar-refractivity contribution in [3.63, 3.8) is 0 Å². The van der Waals surface area contributed by atoms with Crippen LogP contribution in [0, 0.1) is 6.92 Å². The van der Waals surface area contributed by atoms with Gasteiger partial charge in [-0.15, -0.1) is 0 Å². The van der Waals surface area contributed by atoms with Gasteiger partial charge < -0.3 is 10.1 Å². The highest BCUT2D eigenvalue weighted by Gasteiger charge is 2.25. The van der Waals surface area contributed by atoms with Crippen LogP contribution in [0.5, 0.6) is 11.5 Å². The van der Waals surface area contributed by atoms with Crippen LogP contribution >= 0.6 is 0 Å². The summed E-state index contributed by atoms with van der Waals surface area (Å²) in [5, 5.41) is 3.63. The quantitative estimate of drug-likeness (QED) is 0.716. The maximum Gasteiger partial charge on any atom is 0.127 e. The molecule has 0 saturated carbocycles. The van der Waals surface area contributed by atoms with Gasteiger partial charge in [0.05, 0.1) is 8.80 Å². The first kappa shape index (κ1) is 16.1. The molecule has 0 amide bonds. The van der Waals surface area contributed by atoms with Crippen LogP contribution in [0.3, 0.4) is 0 Å². The summed E-state index contributed by atoms with van der Waals surface area (Å²) in [6.45, 7) is 7.94. The highest BCUT2D eigenvalue weighted by atomic mass is 28.3. The minimum absolute atomic E-state index is 0.245. The Hall–Kier alpha value is -1.74. The Kier molecular flexibility index (Phi) is 5.06. The van der Waals surface area contributed by atoms with Gasteiger partial charge >= 0.3 is 0 Å². The second kappa shape index (κ2) is 7.22. The van der Waals surface area contributed by atoms with E-state index in [4.69, 9.17) is 4.74 Å². The van der Waals surface area contributed by atoms with Crippen LogP contribution < -0.4 is 10.1 Å². The van der Waals surface area contributed by atoms with Crippen molar-refractivity contribution in [3.05, 3.63) is 53.6 Å². The molecule has 0 aromatic heterocycles. The molecule has 1 N–H and O–H groups in total. The Balaban J connectivity index is 1.76. The van der Waals surface area contributed by atoms with Crippen LogP contribution in [-0.4, -0.2) is 15.3 Å². The number of hydrogen-bond donors (Lipinski definition) is 1. The molecule has 0 saturated heterocycles. The van der Waals surface area contributed by atoms with E-state index in [0.29, 0.717) is 0 Å². The predicted molar refractivity (Wildman–Crippen MR) is 100 cm³/mol. The first-order valence-corrected chi connectivity index (χ1v) is 10.6. The first-order valence-electron chi connectivity index (χ1n) is 8.65. The fraction of sp³-hybridized carbons (Fsp3) is 0.400. The Morgan fingerprint density at radius 3 is 2.43 bits per heavy atom. The minimum Gasteiger partial charge on any atom is -0.457 e. The molecule has 3 rings (SSSR count). The number of hydrogen-bond acceptors (Lipinski definition) is 2. The molecule has 2 nitrogen and oxygen atoms in total. The summed E-state index contributed by atoms with van der Waals surface area (Å²) >= 11 is 0. The number of aryl methyl sites for hydroxylation is 1. The van der Waals surface area contributed by atoms with E-state index in [1.54, 1.807) is 0 Å². The van der Waals surface area contributed by atoms with E-state index in [0.717, 1.165) is 23.6 Å². The van der Waals surface area contributed by atoms with E-state index in [-0.39, 0.29) is 8.80 Å². The lowest BCUT2D eigenvalue weighted by Gasteiger charge is -2.30. The second-order valence-corrected chi connectivity index (χ2v) is 9.93. The molecule has 121 valence electrons. The van der Waals surface area contributed by atoms with Crippen LogP contribution in [0.4, 0.5) is 5.69 Å². The highest BCUT2D eigenvalue weighted by Crippen LogP contribution is 2.34. The Bertz CT molecular complexity index is 649. The van der Waals surface area contributed by atoms with Crippen molar-refractivity contribution in [2.45, 2.75) is 44.8 Å². The summed E-state index contributed by atoms with van der Waals surface area (Å²) in [6.07, 6.45) is 1.20. The van der Waals surface area contributed by atoms with Crippen molar-refractivity contribution >= 4 is 14.5 Å². The minimum atomic E-state index is -0.245. The van der Waals surface area contributed by atoms with Gasteiger partial charge in [0.1, 0.15) is 11.5 Å². The molecule has 1 aliphatic rings. The first-order chi connectivity index (χ1) is 11.2. The maximum absolute atomic E-state index is 6.03. The fourth-order valence-electron chi connectivity index (χ4n) is 3.40. The molecule has 3 heteroatoms. The topological polar surface area (TPSA) is 21.3 Å². The monoisotopic (exact) mass is 324 g/mol. The molecule has 2 aromatic rings. The van der Waals surface area contributed by atoms with E-state index >= 15 is 0 Å². The molecule has 1 unspecified atom stereocenters. The normalized spacial score (nSPS) is 16.8. The Morgan fingerprint density at radius 2 is 1.74 bits per heavy atom. The highest BCUT2D eigenvalue weighted by molar-refractivity contribution is 6.60. The summed E-state index contributed by atoms with van der Waals surface area (Å²) in [6, 6.07) is 17.4. The third kappa shape index (κ3) is 3.78. The van der Waals surface area contributed by atoms with E-state index < -0.39 is 0 Å². The van der Waals surface area contributed by atoms with Crippen LogP contribution in [0.25, 0.3) is 0 Å². The summed E-state index contributed by atoms with van der Waals surface area (Å²) in [5.41, 5.74) is 4.78. The number of rotatable bonds is 5. The zero-order valence-corrected chi connectivity index (χ0v) is 15.4. The standard InChI is InChI=1S/C20H26NOSi/c1-4-23(5-2)19-13-16-12-18(10-11-20(16)21-14-19)22-17-8-6-15(3)7-9-17/h6-12,19,21H,4-5,13-14H2,1-3H3. The molecule has 1 heterocycles. The number of benzene rings is 2. The van der Waals surface area contributed by atoms with Gasteiger partial charge in [0.15, 0.2) is 0 Å². The van der Waals surface area contributed by atoms with Gasteiger partial charge in [0, 0.05) is 12.2 Å².